The molecule has 7 nitrogen and oxygen atoms in total. The number of hydrogen-bond acceptors (Lipinski definition) is 7. The van der Waals surface area contributed by atoms with Gasteiger partial charge in [0.2, 0.25) is 15.0 Å². The summed E-state index contributed by atoms with van der Waals surface area (Å²) in [5.74, 6) is 0.276. The van der Waals surface area contributed by atoms with E-state index in [0.717, 1.165) is 23.6 Å². The highest BCUT2D eigenvalue weighted by Crippen LogP contribution is 2.27. The first-order valence-electron chi connectivity index (χ1n) is 9.17. The molecule has 0 saturated carbocycles. The smallest absolute Gasteiger partial charge is 0.250 e. The Morgan fingerprint density at radius 1 is 0.733 bits per heavy atom. The minimum atomic E-state index is -3.82. The van der Waals surface area contributed by atoms with Crippen LogP contribution in [0.5, 0.6) is 0 Å². The van der Waals surface area contributed by atoms with Crippen molar-refractivity contribution in [3.8, 4) is 0 Å². The lowest BCUT2D eigenvalue weighted by Gasteiger charge is -2.26. The van der Waals surface area contributed by atoms with Crippen molar-refractivity contribution in [3.63, 3.8) is 0 Å². The number of benzene rings is 2. The quantitative estimate of drug-likeness (QED) is 0.407. The third-order valence-corrected chi connectivity index (χ3v) is 6.42. The lowest BCUT2D eigenvalue weighted by molar-refractivity contribution is 0.582. The maximum absolute atomic E-state index is 12.3. The van der Waals surface area contributed by atoms with Gasteiger partial charge < -0.3 is 4.90 Å². The van der Waals surface area contributed by atoms with Crippen LogP contribution < -0.4 is 4.90 Å². The fourth-order valence-corrected chi connectivity index (χ4v) is 4.58. The van der Waals surface area contributed by atoms with Gasteiger partial charge in [0.05, 0.1) is 0 Å². The summed E-state index contributed by atoms with van der Waals surface area (Å²) >= 11 is 0. The van der Waals surface area contributed by atoms with E-state index in [1.165, 1.54) is 0 Å². The van der Waals surface area contributed by atoms with Crippen molar-refractivity contribution in [2.45, 2.75) is 30.2 Å². The van der Waals surface area contributed by atoms with Gasteiger partial charge >= 0.3 is 0 Å². The molecule has 0 bridgehead atoms. The van der Waals surface area contributed by atoms with E-state index in [4.69, 9.17) is 0 Å². The van der Waals surface area contributed by atoms with Crippen LogP contribution in [0.15, 0.2) is 70.8 Å². The van der Waals surface area contributed by atoms with Crippen LogP contribution in [0.25, 0.3) is 0 Å². The Morgan fingerprint density at radius 3 is 1.60 bits per heavy atom. The predicted molar refractivity (Wildman–Crippen MR) is 116 cm³/mol. The molecule has 2 aromatic carbocycles. The minimum Gasteiger partial charge on any atom is -0.348 e. The van der Waals surface area contributed by atoms with Gasteiger partial charge in [-0.25, -0.2) is 26.8 Å². The van der Waals surface area contributed by atoms with Crippen molar-refractivity contribution in [2.75, 3.05) is 17.4 Å². The van der Waals surface area contributed by atoms with Gasteiger partial charge in [0.15, 0.2) is 14.9 Å². The highest BCUT2D eigenvalue weighted by molar-refractivity contribution is 7.91. The molecule has 0 saturated heterocycles. The lowest BCUT2D eigenvalue weighted by atomic mass is 10.1. The summed E-state index contributed by atoms with van der Waals surface area (Å²) in [6.45, 7) is 2.43. The van der Waals surface area contributed by atoms with Crippen molar-refractivity contribution < 1.29 is 16.8 Å². The van der Waals surface area contributed by atoms with Gasteiger partial charge in [0.25, 0.3) is 0 Å². The molecule has 0 aliphatic carbocycles. The molecule has 0 N–H and O–H groups in total. The van der Waals surface area contributed by atoms with E-state index in [2.05, 4.69) is 9.97 Å². The van der Waals surface area contributed by atoms with Crippen LogP contribution in [0.3, 0.4) is 0 Å². The first kappa shape index (κ1) is 21.9. The fraction of sp³-hybridized carbons (Fsp3) is 0.238. The number of rotatable bonds is 7. The standard InChI is InChI=1S/C21H23N3O4S2/c1-16-19(22-21(30(3,27)28)23-20(16)29(2,25)26)24(14-17-10-6-4-7-11-17)15-18-12-8-5-9-13-18/h4-13H,14-15H2,1-3H3. The molecule has 158 valence electrons. The van der Waals surface area contributed by atoms with Gasteiger partial charge in [-0.15, -0.1) is 0 Å². The van der Waals surface area contributed by atoms with E-state index < -0.39 is 24.8 Å². The summed E-state index contributed by atoms with van der Waals surface area (Å²) in [6.07, 6.45) is 1.98. The summed E-state index contributed by atoms with van der Waals surface area (Å²) in [7, 11) is -7.58. The number of sulfone groups is 2. The number of aromatic nitrogens is 2. The van der Waals surface area contributed by atoms with E-state index in [0.29, 0.717) is 18.7 Å². The van der Waals surface area contributed by atoms with Crippen molar-refractivity contribution in [2.24, 2.45) is 0 Å². The Kier molecular flexibility index (Phi) is 6.23. The van der Waals surface area contributed by atoms with Crippen molar-refractivity contribution in [1.82, 2.24) is 9.97 Å². The summed E-state index contributed by atoms with van der Waals surface area (Å²) in [5.41, 5.74) is 2.28. The minimum absolute atomic E-state index is 0.276. The lowest BCUT2D eigenvalue weighted by Crippen LogP contribution is -2.26. The van der Waals surface area contributed by atoms with Crippen LogP contribution in [0.4, 0.5) is 5.82 Å². The monoisotopic (exact) mass is 445 g/mol. The number of hydrogen-bond donors (Lipinski definition) is 0. The largest absolute Gasteiger partial charge is 0.348 e. The second-order valence-corrected chi connectivity index (χ2v) is 11.0. The normalized spacial score (nSPS) is 12.0. The Morgan fingerprint density at radius 2 is 1.20 bits per heavy atom. The Bertz CT molecular complexity index is 1200. The topological polar surface area (TPSA) is 97.3 Å². The SMILES string of the molecule is Cc1c(N(Cc2ccccc2)Cc2ccccc2)nc(S(C)(=O)=O)nc1S(C)(=O)=O. The van der Waals surface area contributed by atoms with Crippen LogP contribution >= 0.6 is 0 Å². The molecular formula is C21H23N3O4S2. The van der Waals surface area contributed by atoms with Gasteiger partial charge in [-0.05, 0) is 18.1 Å². The molecule has 0 fully saturated rings. The second-order valence-electron chi connectivity index (χ2n) is 7.13. The van der Waals surface area contributed by atoms with Crippen LogP contribution in [-0.4, -0.2) is 39.3 Å². The third kappa shape index (κ3) is 5.22. The predicted octanol–water partition coefficient (Wildman–Crippen LogP) is 2.80. The Balaban J connectivity index is 2.20. The summed E-state index contributed by atoms with van der Waals surface area (Å²) < 4.78 is 49.0. The summed E-state index contributed by atoms with van der Waals surface area (Å²) in [4.78, 5) is 10.00. The molecule has 0 radical (unpaired) electrons. The Hall–Kier alpha value is -2.78. The third-order valence-electron chi connectivity index (χ3n) is 4.47. The number of anilines is 1. The maximum atomic E-state index is 12.3. The van der Waals surface area contributed by atoms with E-state index in [1.807, 2.05) is 65.6 Å². The van der Waals surface area contributed by atoms with Crippen molar-refractivity contribution in [1.29, 1.82) is 0 Å². The second kappa shape index (κ2) is 8.53. The van der Waals surface area contributed by atoms with Crippen LogP contribution in [0.1, 0.15) is 16.7 Å². The zero-order chi connectivity index (χ0) is 21.9. The summed E-state index contributed by atoms with van der Waals surface area (Å²) in [5, 5.41) is -0.784. The first-order valence-corrected chi connectivity index (χ1v) is 13.0. The van der Waals surface area contributed by atoms with Gasteiger partial charge in [-0.2, -0.15) is 0 Å². The number of nitrogens with zero attached hydrogens (tertiary/aromatic N) is 3. The van der Waals surface area contributed by atoms with E-state index in [9.17, 15) is 16.8 Å². The van der Waals surface area contributed by atoms with Crippen LogP contribution in [-0.2, 0) is 32.8 Å². The average molecular weight is 446 g/mol. The first-order chi connectivity index (χ1) is 14.1. The molecule has 0 spiro atoms. The molecule has 1 heterocycles. The molecule has 3 aromatic rings. The van der Waals surface area contributed by atoms with Crippen molar-refractivity contribution in [3.05, 3.63) is 77.4 Å². The zero-order valence-corrected chi connectivity index (χ0v) is 18.6. The maximum Gasteiger partial charge on any atom is 0.250 e. The molecule has 0 amide bonds. The molecule has 3 rings (SSSR count). The highest BCUT2D eigenvalue weighted by Gasteiger charge is 2.25. The molecule has 1 aromatic heterocycles. The van der Waals surface area contributed by atoms with Gasteiger partial charge in [0.1, 0.15) is 5.82 Å². The van der Waals surface area contributed by atoms with E-state index in [-0.39, 0.29) is 10.8 Å². The van der Waals surface area contributed by atoms with Crippen LogP contribution in [0, 0.1) is 6.92 Å². The summed E-state index contributed by atoms with van der Waals surface area (Å²) in [6, 6.07) is 19.2. The van der Waals surface area contributed by atoms with E-state index >= 15 is 0 Å². The average Bonchev–Trinajstić information content (AvgIpc) is 2.67. The molecule has 0 atom stereocenters. The molecule has 0 aliphatic rings. The molecule has 9 heteroatoms. The molecule has 0 aliphatic heterocycles. The van der Waals surface area contributed by atoms with Gasteiger partial charge in [-0.3, -0.25) is 0 Å². The highest BCUT2D eigenvalue weighted by atomic mass is 32.2. The zero-order valence-electron chi connectivity index (χ0n) is 17.0. The fourth-order valence-electron chi connectivity index (χ4n) is 3.11. The van der Waals surface area contributed by atoms with Crippen LogP contribution in [0.2, 0.25) is 0 Å². The van der Waals surface area contributed by atoms with E-state index in [1.54, 1.807) is 6.92 Å². The van der Waals surface area contributed by atoms with Gasteiger partial charge in [-0.1, -0.05) is 60.7 Å². The molecular weight excluding hydrogens is 422 g/mol. The molecule has 0 unspecified atom stereocenters. The van der Waals surface area contributed by atoms with Crippen molar-refractivity contribution >= 4 is 25.5 Å². The Labute approximate surface area is 177 Å². The van der Waals surface area contributed by atoms with Gasteiger partial charge in [0, 0.05) is 31.2 Å². The molecule has 30 heavy (non-hydrogen) atoms.